The second-order valence-electron chi connectivity index (χ2n) is 8.44. The number of carbonyl (C=O) groups is 2. The lowest BCUT2D eigenvalue weighted by Crippen LogP contribution is -2.57. The average Bonchev–Trinajstić information content (AvgIpc) is 3.30. The van der Waals surface area contributed by atoms with E-state index in [1.54, 1.807) is 17.0 Å². The lowest BCUT2D eigenvalue weighted by atomic mass is 9.89. The zero-order valence-electron chi connectivity index (χ0n) is 18.1. The fourth-order valence-corrected chi connectivity index (χ4v) is 4.75. The summed E-state index contributed by atoms with van der Waals surface area (Å²) in [5.41, 5.74) is 1.61. The maximum atomic E-state index is 13.3. The van der Waals surface area contributed by atoms with E-state index >= 15 is 0 Å². The predicted molar refractivity (Wildman–Crippen MR) is 123 cm³/mol. The summed E-state index contributed by atoms with van der Waals surface area (Å²) in [6.45, 7) is 0.523. The van der Waals surface area contributed by atoms with E-state index < -0.39 is 0 Å². The highest BCUT2D eigenvalue weighted by Gasteiger charge is 2.42. The first-order valence-corrected chi connectivity index (χ1v) is 11.6. The minimum atomic E-state index is -0.281. The molecule has 5 rings (SSSR count). The van der Waals surface area contributed by atoms with Gasteiger partial charge in [-0.05, 0) is 54.7 Å². The molecule has 2 amide bonds. The Morgan fingerprint density at radius 3 is 2.82 bits per heavy atom. The highest BCUT2D eigenvalue weighted by atomic mass is 35.5. The molecule has 1 aliphatic carbocycles. The Morgan fingerprint density at radius 2 is 1.94 bits per heavy atom. The second kappa shape index (κ2) is 9.35. The summed E-state index contributed by atoms with van der Waals surface area (Å²) in [6, 6.07) is 12.8. The minimum Gasteiger partial charge on any atom is -0.482 e. The molecule has 2 aliphatic heterocycles. The molecule has 2 aromatic carbocycles. The van der Waals surface area contributed by atoms with Crippen molar-refractivity contribution >= 4 is 29.5 Å². The molecule has 33 heavy (non-hydrogen) atoms. The average molecular weight is 469 g/mol. The maximum Gasteiger partial charge on any atom is 0.289 e. The lowest BCUT2D eigenvalue weighted by molar-refractivity contribution is -0.151. The van der Waals surface area contributed by atoms with Crippen LogP contribution in [0.4, 0.5) is 0 Å². The van der Waals surface area contributed by atoms with Crippen molar-refractivity contribution in [2.24, 2.45) is 0 Å². The molecule has 0 aromatic heterocycles. The highest BCUT2D eigenvalue weighted by Crippen LogP contribution is 2.34. The summed E-state index contributed by atoms with van der Waals surface area (Å²) >= 11 is 6.28. The van der Waals surface area contributed by atoms with Gasteiger partial charge in [0.25, 0.3) is 5.91 Å². The van der Waals surface area contributed by atoms with Crippen molar-refractivity contribution in [1.82, 2.24) is 10.2 Å². The number of nitrogens with one attached hydrogen (secondary N) is 1. The van der Waals surface area contributed by atoms with Crippen molar-refractivity contribution in [2.45, 2.75) is 44.4 Å². The van der Waals surface area contributed by atoms with Gasteiger partial charge in [-0.1, -0.05) is 42.3 Å². The monoisotopic (exact) mass is 468 g/mol. The van der Waals surface area contributed by atoms with Crippen LogP contribution in [0.15, 0.2) is 48.2 Å². The zero-order chi connectivity index (χ0) is 22.8. The van der Waals surface area contributed by atoms with Crippen LogP contribution in [0.3, 0.4) is 0 Å². The Bertz CT molecular complexity index is 1100. The first kappa shape index (κ1) is 21.6. The van der Waals surface area contributed by atoms with E-state index in [1.165, 1.54) is 0 Å². The molecule has 2 unspecified atom stereocenters. The number of hydrogen-bond donors (Lipinski definition) is 1. The van der Waals surface area contributed by atoms with Gasteiger partial charge in [0.15, 0.2) is 17.3 Å². The van der Waals surface area contributed by atoms with Crippen LogP contribution in [-0.4, -0.2) is 42.2 Å². The Balaban J connectivity index is 1.30. The largest absolute Gasteiger partial charge is 0.482 e. The van der Waals surface area contributed by atoms with Gasteiger partial charge >= 0.3 is 0 Å². The van der Waals surface area contributed by atoms with Crippen LogP contribution in [0.5, 0.6) is 11.5 Å². The molecule has 0 bridgehead atoms. The number of rotatable bonds is 5. The number of morpholine rings is 1. The van der Waals surface area contributed by atoms with Crippen molar-refractivity contribution < 1.29 is 23.8 Å². The van der Waals surface area contributed by atoms with Crippen LogP contribution in [0.25, 0.3) is 6.08 Å². The van der Waals surface area contributed by atoms with Gasteiger partial charge in [0.05, 0.1) is 6.04 Å². The fourth-order valence-electron chi connectivity index (χ4n) is 4.56. The summed E-state index contributed by atoms with van der Waals surface area (Å²) < 4.78 is 16.8. The van der Waals surface area contributed by atoms with Crippen molar-refractivity contribution in [3.8, 4) is 11.5 Å². The number of fused-ring (bicyclic) bond motifs is 2. The SMILES string of the molecule is O=C(CN1C(=O)/C(=C\c2ccccc2Cl)OC2CCCCC21)NCc1ccc2c(c1)OCO2. The quantitative estimate of drug-likeness (QED) is 0.673. The molecule has 1 N–H and O–H groups in total. The molecule has 2 heterocycles. The number of hydrogen-bond acceptors (Lipinski definition) is 5. The third-order valence-electron chi connectivity index (χ3n) is 6.25. The predicted octanol–water partition coefficient (Wildman–Crippen LogP) is 3.90. The van der Waals surface area contributed by atoms with Crippen LogP contribution >= 0.6 is 11.6 Å². The molecule has 2 atom stereocenters. The molecule has 2 aromatic rings. The molecule has 1 saturated carbocycles. The first-order valence-electron chi connectivity index (χ1n) is 11.2. The van der Waals surface area contributed by atoms with E-state index in [0.717, 1.165) is 31.2 Å². The topological polar surface area (TPSA) is 77.1 Å². The zero-order valence-corrected chi connectivity index (χ0v) is 18.8. The summed E-state index contributed by atoms with van der Waals surface area (Å²) in [5, 5.41) is 3.46. The Morgan fingerprint density at radius 1 is 1.12 bits per heavy atom. The normalized spacial score (nSPS) is 22.6. The second-order valence-corrected chi connectivity index (χ2v) is 8.84. The molecule has 0 spiro atoms. The molecule has 8 heteroatoms. The van der Waals surface area contributed by atoms with Crippen molar-refractivity contribution in [1.29, 1.82) is 0 Å². The van der Waals surface area contributed by atoms with Gasteiger partial charge in [-0.15, -0.1) is 0 Å². The minimum absolute atomic E-state index is 0.0201. The van der Waals surface area contributed by atoms with Gasteiger partial charge < -0.3 is 24.4 Å². The Hall–Kier alpha value is -3.19. The molecule has 172 valence electrons. The van der Waals surface area contributed by atoms with Crippen LogP contribution in [0.2, 0.25) is 5.02 Å². The molecular weight excluding hydrogens is 444 g/mol. The Kier molecular flexibility index (Phi) is 6.13. The fraction of sp³-hybridized carbons (Fsp3) is 0.360. The van der Waals surface area contributed by atoms with Crippen LogP contribution < -0.4 is 14.8 Å². The molecule has 3 aliphatic rings. The number of amides is 2. The van der Waals surface area contributed by atoms with Crippen molar-refractivity contribution in [3.05, 3.63) is 64.4 Å². The van der Waals surface area contributed by atoms with E-state index in [0.29, 0.717) is 28.6 Å². The number of carbonyl (C=O) groups excluding carboxylic acids is 2. The molecule has 1 saturated heterocycles. The van der Waals surface area contributed by atoms with E-state index in [-0.39, 0.29) is 43.1 Å². The van der Waals surface area contributed by atoms with Gasteiger partial charge in [0, 0.05) is 11.6 Å². The number of ether oxygens (including phenoxy) is 3. The van der Waals surface area contributed by atoms with Gasteiger partial charge in [-0.25, -0.2) is 0 Å². The smallest absolute Gasteiger partial charge is 0.289 e. The first-order chi connectivity index (χ1) is 16.1. The Labute approximate surface area is 197 Å². The summed E-state index contributed by atoms with van der Waals surface area (Å²) in [7, 11) is 0. The molecule has 7 nitrogen and oxygen atoms in total. The standard InChI is InChI=1S/C25H25ClN2O5/c26-18-6-2-1-5-17(18)12-23-25(30)28(19-7-3-4-8-20(19)33-23)14-24(29)27-13-16-9-10-21-22(11-16)32-15-31-21/h1-2,5-6,9-12,19-20H,3-4,7-8,13-15H2,(H,27,29)/b23-12+. The van der Waals surface area contributed by atoms with Crippen LogP contribution in [0, 0.1) is 0 Å². The van der Waals surface area contributed by atoms with Crippen molar-refractivity contribution in [2.75, 3.05) is 13.3 Å². The van der Waals surface area contributed by atoms with E-state index in [9.17, 15) is 9.59 Å². The van der Waals surface area contributed by atoms with Crippen molar-refractivity contribution in [3.63, 3.8) is 0 Å². The third-order valence-corrected chi connectivity index (χ3v) is 6.59. The van der Waals surface area contributed by atoms with Gasteiger partial charge in [-0.3, -0.25) is 9.59 Å². The van der Waals surface area contributed by atoms with E-state index in [2.05, 4.69) is 5.32 Å². The summed E-state index contributed by atoms with van der Waals surface area (Å²) in [4.78, 5) is 27.8. The highest BCUT2D eigenvalue weighted by molar-refractivity contribution is 6.32. The van der Waals surface area contributed by atoms with Crippen LogP contribution in [0.1, 0.15) is 36.8 Å². The number of nitrogens with zero attached hydrogens (tertiary/aromatic N) is 1. The van der Waals surface area contributed by atoms with Gasteiger partial charge in [0.1, 0.15) is 12.6 Å². The summed E-state index contributed by atoms with van der Waals surface area (Å²) in [6.07, 6.45) is 5.29. The molecule has 0 radical (unpaired) electrons. The molecular formula is C25H25ClN2O5. The molecule has 2 fully saturated rings. The number of benzene rings is 2. The summed E-state index contributed by atoms with van der Waals surface area (Å²) in [5.74, 6) is 1.10. The third kappa shape index (κ3) is 4.64. The van der Waals surface area contributed by atoms with Gasteiger partial charge in [0.2, 0.25) is 12.7 Å². The van der Waals surface area contributed by atoms with E-state index in [1.807, 2.05) is 36.4 Å². The number of halogens is 1. The van der Waals surface area contributed by atoms with Crippen LogP contribution in [-0.2, 0) is 20.9 Å². The van der Waals surface area contributed by atoms with Gasteiger partial charge in [-0.2, -0.15) is 0 Å². The lowest BCUT2D eigenvalue weighted by Gasteiger charge is -2.44. The van der Waals surface area contributed by atoms with E-state index in [4.69, 9.17) is 25.8 Å². The maximum absolute atomic E-state index is 13.3.